The molecule has 3 N–H and O–H groups in total. The van der Waals surface area contributed by atoms with E-state index in [4.69, 9.17) is 0 Å². The van der Waals surface area contributed by atoms with E-state index < -0.39 is 5.91 Å². The van der Waals surface area contributed by atoms with E-state index in [1.54, 1.807) is 36.4 Å². The van der Waals surface area contributed by atoms with Crippen LogP contribution in [-0.2, 0) is 4.79 Å². The van der Waals surface area contributed by atoms with E-state index in [2.05, 4.69) is 26.6 Å². The van der Waals surface area contributed by atoms with Crippen LogP contribution in [0.15, 0.2) is 76.9 Å². The maximum Gasteiger partial charge on any atom is 0.267 e. The zero-order chi connectivity index (χ0) is 18.5. The largest absolute Gasteiger partial charge is 0.507 e. The van der Waals surface area contributed by atoms with Crippen LogP contribution in [0.5, 0.6) is 5.75 Å². The maximum atomic E-state index is 12.4. The third kappa shape index (κ3) is 3.85. The zero-order valence-corrected chi connectivity index (χ0v) is 15.1. The Morgan fingerprint density at radius 2 is 1.81 bits per heavy atom. The summed E-state index contributed by atoms with van der Waals surface area (Å²) in [7, 11) is 0. The number of carbonyl (C=O) groups excluding carboxylic acids is 1. The molecule has 0 aliphatic carbocycles. The molecular formula is C20H14BrN3O2. The molecule has 26 heavy (non-hydrogen) atoms. The summed E-state index contributed by atoms with van der Waals surface area (Å²) in [6.07, 6.45) is 1.36. The number of halogens is 1. The first-order valence-corrected chi connectivity index (χ1v) is 8.52. The molecular weight excluding hydrogens is 394 g/mol. The van der Waals surface area contributed by atoms with Crippen molar-refractivity contribution < 1.29 is 9.90 Å². The number of fused-ring (bicyclic) bond motifs is 1. The van der Waals surface area contributed by atoms with Crippen molar-refractivity contribution in [2.45, 2.75) is 0 Å². The smallest absolute Gasteiger partial charge is 0.267 e. The van der Waals surface area contributed by atoms with Crippen molar-refractivity contribution in [3.63, 3.8) is 0 Å². The number of carbonyl (C=O) groups is 1. The third-order valence-electron chi connectivity index (χ3n) is 3.72. The number of hydrogen-bond donors (Lipinski definition) is 3. The van der Waals surface area contributed by atoms with Crippen molar-refractivity contribution >= 4 is 44.0 Å². The van der Waals surface area contributed by atoms with E-state index in [1.165, 1.54) is 6.20 Å². The highest BCUT2D eigenvalue weighted by atomic mass is 79.9. The number of hydrogen-bond acceptors (Lipinski definition) is 4. The van der Waals surface area contributed by atoms with E-state index in [1.807, 2.05) is 30.3 Å². The van der Waals surface area contributed by atoms with Crippen LogP contribution in [0, 0.1) is 11.3 Å². The van der Waals surface area contributed by atoms with Gasteiger partial charge in [-0.3, -0.25) is 4.79 Å². The van der Waals surface area contributed by atoms with Crippen LogP contribution in [0.1, 0.15) is 0 Å². The Balaban J connectivity index is 1.83. The van der Waals surface area contributed by atoms with Gasteiger partial charge < -0.3 is 15.7 Å². The Morgan fingerprint density at radius 3 is 2.58 bits per heavy atom. The Labute approximate surface area is 158 Å². The van der Waals surface area contributed by atoms with Crippen molar-refractivity contribution in [1.29, 1.82) is 5.26 Å². The van der Waals surface area contributed by atoms with Crippen LogP contribution in [0.3, 0.4) is 0 Å². The van der Waals surface area contributed by atoms with Gasteiger partial charge in [0.1, 0.15) is 17.4 Å². The molecule has 0 saturated carbocycles. The van der Waals surface area contributed by atoms with Gasteiger partial charge in [-0.2, -0.15) is 5.26 Å². The molecule has 0 unspecified atom stereocenters. The number of anilines is 2. The average Bonchev–Trinajstić information content (AvgIpc) is 2.63. The van der Waals surface area contributed by atoms with E-state index in [9.17, 15) is 15.2 Å². The highest BCUT2D eigenvalue weighted by molar-refractivity contribution is 9.10. The number of nitriles is 1. The Morgan fingerprint density at radius 1 is 1.08 bits per heavy atom. The van der Waals surface area contributed by atoms with Crippen molar-refractivity contribution in [3.05, 3.63) is 76.9 Å². The summed E-state index contributed by atoms with van der Waals surface area (Å²) in [4.78, 5) is 12.4. The van der Waals surface area contributed by atoms with Gasteiger partial charge in [0.25, 0.3) is 5.91 Å². The summed E-state index contributed by atoms with van der Waals surface area (Å²) in [6.45, 7) is 0. The first kappa shape index (κ1) is 17.5. The first-order valence-electron chi connectivity index (χ1n) is 7.73. The summed E-state index contributed by atoms with van der Waals surface area (Å²) >= 11 is 3.36. The van der Waals surface area contributed by atoms with Gasteiger partial charge in [0.05, 0.1) is 0 Å². The standard InChI is InChI=1S/C20H14BrN3O2/c21-14-4-1-5-15(10-14)23-12-13(11-22)20(26)24-18-8-2-7-17-16(18)6-3-9-19(17)25/h1-10,12,23,25H,(H,24,26)/b13-12-. The van der Waals surface area contributed by atoms with E-state index >= 15 is 0 Å². The highest BCUT2D eigenvalue weighted by Crippen LogP contribution is 2.30. The predicted molar refractivity (Wildman–Crippen MR) is 106 cm³/mol. The first-order chi connectivity index (χ1) is 12.6. The zero-order valence-electron chi connectivity index (χ0n) is 13.5. The minimum atomic E-state index is -0.536. The molecule has 1 amide bonds. The molecule has 128 valence electrons. The summed E-state index contributed by atoms with van der Waals surface area (Å²) in [5.41, 5.74) is 1.20. The predicted octanol–water partition coefficient (Wildman–Crippen LogP) is 4.77. The van der Waals surface area contributed by atoms with Crippen LogP contribution >= 0.6 is 15.9 Å². The van der Waals surface area contributed by atoms with Crippen molar-refractivity contribution in [2.24, 2.45) is 0 Å². The number of nitrogens with one attached hydrogen (secondary N) is 2. The molecule has 0 aliphatic rings. The molecule has 3 aromatic rings. The molecule has 0 atom stereocenters. The van der Waals surface area contributed by atoms with Gasteiger partial charge in [-0.1, -0.05) is 46.3 Å². The van der Waals surface area contributed by atoms with E-state index in [-0.39, 0.29) is 11.3 Å². The van der Waals surface area contributed by atoms with E-state index in [0.717, 1.165) is 10.2 Å². The fourth-order valence-corrected chi connectivity index (χ4v) is 2.87. The van der Waals surface area contributed by atoms with Gasteiger partial charge in [0, 0.05) is 32.8 Å². The number of benzene rings is 3. The Bertz CT molecular complexity index is 1050. The molecule has 5 nitrogen and oxygen atoms in total. The number of aromatic hydroxyl groups is 1. The van der Waals surface area contributed by atoms with Gasteiger partial charge in [0.2, 0.25) is 0 Å². The minimum Gasteiger partial charge on any atom is -0.507 e. The molecule has 0 radical (unpaired) electrons. The van der Waals surface area contributed by atoms with Gasteiger partial charge in [-0.25, -0.2) is 0 Å². The Hall–Kier alpha value is -3.30. The van der Waals surface area contributed by atoms with Gasteiger partial charge in [-0.15, -0.1) is 0 Å². The van der Waals surface area contributed by atoms with Crippen LogP contribution in [-0.4, -0.2) is 11.0 Å². The lowest BCUT2D eigenvalue weighted by Gasteiger charge is -2.09. The Kier molecular flexibility index (Phi) is 5.20. The average molecular weight is 408 g/mol. The highest BCUT2D eigenvalue weighted by Gasteiger charge is 2.12. The van der Waals surface area contributed by atoms with Crippen LogP contribution < -0.4 is 10.6 Å². The molecule has 0 fully saturated rings. The fourth-order valence-electron chi connectivity index (χ4n) is 2.47. The number of phenols is 1. The molecule has 3 rings (SSSR count). The summed E-state index contributed by atoms with van der Waals surface area (Å²) < 4.78 is 0.884. The van der Waals surface area contributed by atoms with Gasteiger partial charge in [0.15, 0.2) is 0 Å². The molecule has 0 heterocycles. The maximum absolute atomic E-state index is 12.4. The van der Waals surface area contributed by atoms with Crippen LogP contribution in [0.4, 0.5) is 11.4 Å². The number of nitrogens with zero attached hydrogens (tertiary/aromatic N) is 1. The lowest BCUT2D eigenvalue weighted by Crippen LogP contribution is -2.14. The second kappa shape index (κ2) is 7.72. The van der Waals surface area contributed by atoms with Gasteiger partial charge >= 0.3 is 0 Å². The van der Waals surface area contributed by atoms with E-state index in [0.29, 0.717) is 16.5 Å². The summed E-state index contributed by atoms with van der Waals surface area (Å²) in [5, 5.41) is 26.2. The molecule has 6 heteroatoms. The molecule has 0 aromatic heterocycles. The summed E-state index contributed by atoms with van der Waals surface area (Å²) in [6, 6.07) is 19.5. The van der Waals surface area contributed by atoms with Crippen LogP contribution in [0.2, 0.25) is 0 Å². The van der Waals surface area contributed by atoms with Crippen molar-refractivity contribution in [3.8, 4) is 11.8 Å². The number of amides is 1. The fraction of sp³-hybridized carbons (Fsp3) is 0. The topological polar surface area (TPSA) is 85.2 Å². The monoisotopic (exact) mass is 407 g/mol. The lowest BCUT2D eigenvalue weighted by atomic mass is 10.1. The molecule has 0 spiro atoms. The molecule has 0 aliphatic heterocycles. The second-order valence-corrected chi connectivity index (χ2v) is 6.37. The van der Waals surface area contributed by atoms with Crippen LogP contribution in [0.25, 0.3) is 10.8 Å². The van der Waals surface area contributed by atoms with Gasteiger partial charge in [-0.05, 0) is 30.3 Å². The number of rotatable bonds is 4. The minimum absolute atomic E-state index is 0.0675. The SMILES string of the molecule is N#C/C(=C/Nc1cccc(Br)c1)C(=O)Nc1cccc2c(O)cccc12. The quantitative estimate of drug-likeness (QED) is 0.429. The lowest BCUT2D eigenvalue weighted by molar-refractivity contribution is -0.112. The van der Waals surface area contributed by atoms with Crippen molar-refractivity contribution in [1.82, 2.24) is 0 Å². The molecule has 0 bridgehead atoms. The molecule has 3 aromatic carbocycles. The molecule has 0 saturated heterocycles. The number of phenolic OH excluding ortho intramolecular Hbond substituents is 1. The second-order valence-electron chi connectivity index (χ2n) is 5.46. The normalized spacial score (nSPS) is 11.0. The summed E-state index contributed by atoms with van der Waals surface area (Å²) in [5.74, 6) is -0.406. The van der Waals surface area contributed by atoms with Crippen molar-refractivity contribution in [2.75, 3.05) is 10.6 Å². The third-order valence-corrected chi connectivity index (χ3v) is 4.21.